The molecule has 1 aromatic carbocycles. The molecule has 0 aliphatic carbocycles. The zero-order valence-corrected chi connectivity index (χ0v) is 16.3. The van der Waals surface area contributed by atoms with Crippen LogP contribution in [-0.2, 0) is 26.0 Å². The summed E-state index contributed by atoms with van der Waals surface area (Å²) in [6.07, 6.45) is -0.0635. The minimum absolute atomic E-state index is 0.00961. The van der Waals surface area contributed by atoms with Crippen LogP contribution in [0.1, 0.15) is 18.7 Å². The number of hydrogen-bond acceptors (Lipinski definition) is 8. The molecule has 0 radical (unpaired) electrons. The third kappa shape index (κ3) is 5.10. The van der Waals surface area contributed by atoms with Gasteiger partial charge in [0.1, 0.15) is 17.3 Å². The van der Waals surface area contributed by atoms with Gasteiger partial charge in [0.15, 0.2) is 15.6 Å². The van der Waals surface area contributed by atoms with Gasteiger partial charge in [-0.2, -0.15) is 4.98 Å². The number of aromatic nitrogens is 2. The average Bonchev–Trinajstić information content (AvgIpc) is 3.14. The average molecular weight is 443 g/mol. The molecule has 1 aliphatic rings. The summed E-state index contributed by atoms with van der Waals surface area (Å²) in [6, 6.07) is 3.08. The number of piperidine rings is 1. The third-order valence-corrected chi connectivity index (χ3v) is 6.09. The highest BCUT2D eigenvalue weighted by molar-refractivity contribution is 7.92. The molecule has 3 rings (SSSR count). The Morgan fingerprint density at radius 1 is 1.27 bits per heavy atom. The van der Waals surface area contributed by atoms with Crippen LogP contribution in [0.4, 0.5) is 9.18 Å². The summed E-state index contributed by atoms with van der Waals surface area (Å²) in [6.45, 7) is 0.718. The molecule has 1 amide bonds. The van der Waals surface area contributed by atoms with Gasteiger partial charge in [0.2, 0.25) is 5.82 Å². The van der Waals surface area contributed by atoms with Gasteiger partial charge in [0.25, 0.3) is 5.89 Å². The Morgan fingerprint density at radius 2 is 1.97 bits per heavy atom. The maximum Gasteiger partial charge on any atom is 0.407 e. The van der Waals surface area contributed by atoms with E-state index in [2.05, 4.69) is 10.1 Å². The van der Waals surface area contributed by atoms with Gasteiger partial charge < -0.3 is 24.4 Å². The van der Waals surface area contributed by atoms with Crippen LogP contribution in [0.15, 0.2) is 27.6 Å². The zero-order valence-electron chi connectivity index (χ0n) is 15.5. The molecule has 11 nitrogen and oxygen atoms in total. The number of sulfone groups is 1. The molecule has 2 aromatic rings. The largest absolute Gasteiger partial charge is 0.480 e. The number of amides is 1. The summed E-state index contributed by atoms with van der Waals surface area (Å²) in [4.78, 5) is 26.2. The maximum absolute atomic E-state index is 14.2. The molecule has 0 atom stereocenters. The first-order chi connectivity index (χ1) is 14.2. The quantitative estimate of drug-likeness (QED) is 0.640. The number of rotatable bonds is 7. The lowest BCUT2D eigenvalue weighted by atomic mass is 10.1. The van der Waals surface area contributed by atoms with Crippen LogP contribution < -0.4 is 0 Å². The first-order valence-electron chi connectivity index (χ1n) is 8.82. The Hall–Kier alpha value is -3.06. The number of nitrogens with zero attached hydrogens (tertiary/aromatic N) is 3. The van der Waals surface area contributed by atoms with Crippen molar-refractivity contribution in [1.82, 2.24) is 15.0 Å². The Bertz CT molecular complexity index is 1050. The highest BCUT2D eigenvalue weighted by Crippen LogP contribution is 2.23. The number of ether oxygens (including phenoxy) is 1. The minimum atomic E-state index is -4.31. The van der Waals surface area contributed by atoms with Crippen molar-refractivity contribution in [3.05, 3.63) is 29.9 Å². The molecular weight excluding hydrogens is 425 g/mol. The second-order valence-electron chi connectivity index (χ2n) is 6.59. The van der Waals surface area contributed by atoms with Crippen LogP contribution in [0, 0.1) is 5.82 Å². The number of halogens is 1. The first kappa shape index (κ1) is 21.6. The smallest absolute Gasteiger partial charge is 0.407 e. The molecule has 2 heterocycles. The number of aliphatic carboxylic acids is 1. The molecule has 0 bridgehead atoms. The predicted molar refractivity (Wildman–Crippen MR) is 96.8 cm³/mol. The van der Waals surface area contributed by atoms with Crippen LogP contribution in [0.3, 0.4) is 0 Å². The SMILES string of the molecule is O=C(O)CS(=O)(=O)c1ccc(-c2noc(COC3CCN(C(=O)O)CC3)n2)cc1F. The summed E-state index contributed by atoms with van der Waals surface area (Å²) >= 11 is 0. The van der Waals surface area contributed by atoms with E-state index < -0.39 is 38.4 Å². The monoisotopic (exact) mass is 443 g/mol. The van der Waals surface area contributed by atoms with Crippen LogP contribution in [-0.4, -0.2) is 70.7 Å². The number of likely N-dealkylation sites (tertiary alicyclic amines) is 1. The van der Waals surface area contributed by atoms with Gasteiger partial charge in [-0.05, 0) is 31.0 Å². The van der Waals surface area contributed by atoms with E-state index in [-0.39, 0.29) is 30.0 Å². The van der Waals surface area contributed by atoms with Gasteiger partial charge in [0, 0.05) is 18.7 Å². The first-order valence-corrected chi connectivity index (χ1v) is 10.5. The van der Waals surface area contributed by atoms with Crippen LogP contribution in [0.5, 0.6) is 0 Å². The number of carboxylic acid groups (broad SMARTS) is 2. The number of hydrogen-bond donors (Lipinski definition) is 2. The Balaban J connectivity index is 1.63. The van der Waals surface area contributed by atoms with Crippen molar-refractivity contribution in [1.29, 1.82) is 0 Å². The highest BCUT2D eigenvalue weighted by atomic mass is 32.2. The van der Waals surface area contributed by atoms with Gasteiger partial charge in [-0.15, -0.1) is 0 Å². The number of benzene rings is 1. The van der Waals surface area contributed by atoms with Crippen molar-refractivity contribution >= 4 is 21.9 Å². The van der Waals surface area contributed by atoms with Gasteiger partial charge in [-0.3, -0.25) is 4.79 Å². The van der Waals surface area contributed by atoms with Gasteiger partial charge in [-0.25, -0.2) is 17.6 Å². The molecule has 0 unspecified atom stereocenters. The molecule has 13 heteroatoms. The highest BCUT2D eigenvalue weighted by Gasteiger charge is 2.25. The minimum Gasteiger partial charge on any atom is -0.480 e. The topological polar surface area (TPSA) is 160 Å². The summed E-state index contributed by atoms with van der Waals surface area (Å²) in [5, 5.41) is 21.3. The lowest BCUT2D eigenvalue weighted by Crippen LogP contribution is -2.40. The maximum atomic E-state index is 14.2. The van der Waals surface area contributed by atoms with Crippen molar-refractivity contribution < 1.29 is 41.9 Å². The van der Waals surface area contributed by atoms with Crippen LogP contribution >= 0.6 is 0 Å². The number of carboxylic acids is 1. The fourth-order valence-electron chi connectivity index (χ4n) is 2.97. The lowest BCUT2D eigenvalue weighted by Gasteiger charge is -2.29. The van der Waals surface area contributed by atoms with E-state index in [1.807, 2.05) is 0 Å². The van der Waals surface area contributed by atoms with E-state index in [1.165, 1.54) is 11.0 Å². The van der Waals surface area contributed by atoms with E-state index >= 15 is 0 Å². The van der Waals surface area contributed by atoms with Crippen molar-refractivity contribution in [3.63, 3.8) is 0 Å². The van der Waals surface area contributed by atoms with Gasteiger partial charge >= 0.3 is 12.1 Å². The zero-order chi connectivity index (χ0) is 21.9. The third-order valence-electron chi connectivity index (χ3n) is 4.46. The molecule has 1 aromatic heterocycles. The molecule has 0 saturated carbocycles. The normalized spacial score (nSPS) is 15.3. The summed E-state index contributed by atoms with van der Waals surface area (Å²) in [5.74, 6) is -3.81. The lowest BCUT2D eigenvalue weighted by molar-refractivity contribution is -0.134. The second-order valence-corrected chi connectivity index (χ2v) is 8.55. The fraction of sp³-hybridized carbons (Fsp3) is 0.412. The molecule has 2 N–H and O–H groups in total. The van der Waals surface area contributed by atoms with Gasteiger partial charge in [0.05, 0.1) is 6.10 Å². The van der Waals surface area contributed by atoms with E-state index in [9.17, 15) is 22.4 Å². The molecule has 162 valence electrons. The Kier molecular flexibility index (Phi) is 6.31. The van der Waals surface area contributed by atoms with Crippen molar-refractivity contribution in [2.24, 2.45) is 0 Å². The standard InChI is InChI=1S/C17H18FN3O8S/c18-12-7-10(1-2-13(12)30(26,27)9-15(22)23)16-19-14(29-20-16)8-28-11-3-5-21(6-4-11)17(24)25/h1-2,7,11H,3-6,8-9H2,(H,22,23)(H,24,25). The van der Waals surface area contributed by atoms with Crippen molar-refractivity contribution in [2.75, 3.05) is 18.8 Å². The summed E-state index contributed by atoms with van der Waals surface area (Å²) in [7, 11) is -4.31. The molecule has 1 fully saturated rings. The number of carbonyl (C=O) groups is 2. The van der Waals surface area contributed by atoms with Crippen molar-refractivity contribution in [2.45, 2.75) is 30.4 Å². The van der Waals surface area contributed by atoms with Crippen LogP contribution in [0.2, 0.25) is 0 Å². The summed E-state index contributed by atoms with van der Waals surface area (Å²) < 4.78 is 48.7. The van der Waals surface area contributed by atoms with Gasteiger partial charge in [-0.1, -0.05) is 5.16 Å². The molecule has 1 aliphatic heterocycles. The molecule has 0 spiro atoms. The van der Waals surface area contributed by atoms with E-state index in [4.69, 9.17) is 19.5 Å². The molecular formula is C17H18FN3O8S. The summed E-state index contributed by atoms with van der Waals surface area (Å²) in [5.41, 5.74) is 0.145. The molecule has 30 heavy (non-hydrogen) atoms. The Morgan fingerprint density at radius 3 is 2.57 bits per heavy atom. The van der Waals surface area contributed by atoms with E-state index in [0.29, 0.717) is 25.9 Å². The second kappa shape index (κ2) is 8.75. The van der Waals surface area contributed by atoms with Crippen LogP contribution in [0.25, 0.3) is 11.4 Å². The predicted octanol–water partition coefficient (Wildman–Crippen LogP) is 1.39. The fourth-order valence-corrected chi connectivity index (χ4v) is 4.08. The van der Waals surface area contributed by atoms with Crippen molar-refractivity contribution in [3.8, 4) is 11.4 Å². The van der Waals surface area contributed by atoms with E-state index in [1.54, 1.807) is 0 Å². The Labute approximate surface area is 170 Å². The molecule has 1 saturated heterocycles. The van der Waals surface area contributed by atoms with E-state index in [0.717, 1.165) is 12.1 Å².